The number of benzene rings is 1. The zero-order valence-corrected chi connectivity index (χ0v) is 11.1. The molecule has 0 spiro atoms. The van der Waals surface area contributed by atoms with Crippen molar-refractivity contribution in [3.8, 4) is 0 Å². The van der Waals surface area contributed by atoms with Crippen molar-refractivity contribution in [3.05, 3.63) is 57.3 Å². The quantitative estimate of drug-likeness (QED) is 0.550. The first kappa shape index (κ1) is 11.2. The molecule has 0 bridgehead atoms. The Labute approximate surface area is 111 Å². The summed E-state index contributed by atoms with van der Waals surface area (Å²) in [4.78, 5) is 2.19. The second-order valence-electron chi connectivity index (χ2n) is 3.71. The molecule has 0 nitrogen and oxygen atoms in total. The third-order valence-electron chi connectivity index (χ3n) is 2.54. The van der Waals surface area contributed by atoms with Crippen LogP contribution in [0.4, 0.5) is 4.39 Å². The van der Waals surface area contributed by atoms with E-state index in [0.717, 1.165) is 19.8 Å². The van der Waals surface area contributed by atoms with Crippen LogP contribution in [0.3, 0.4) is 0 Å². The first-order chi connectivity index (χ1) is 8.24. The molecule has 0 radical (unpaired) electrons. The maximum Gasteiger partial charge on any atom is 0.124 e. The van der Waals surface area contributed by atoms with Gasteiger partial charge in [0, 0.05) is 14.5 Å². The predicted octanol–water partition coefficient (Wildman–Crippen LogP) is 5.43. The van der Waals surface area contributed by atoms with Crippen molar-refractivity contribution in [1.82, 2.24) is 0 Å². The first-order valence-electron chi connectivity index (χ1n) is 5.10. The van der Waals surface area contributed by atoms with Gasteiger partial charge in [-0.15, -0.1) is 34.3 Å². The molecule has 0 aliphatic carbocycles. The molecule has 3 aromatic rings. The standard InChI is InChI=1S/C13H8ClFS2/c14-13(10-2-1-5-16-10)12-6-8-3-4-9(15)7-11(8)17-12/h1-7,13H. The Bertz CT molecular complexity index is 643. The molecule has 17 heavy (non-hydrogen) atoms. The lowest BCUT2D eigenvalue weighted by Gasteiger charge is -2.02. The Morgan fingerprint density at radius 1 is 1.12 bits per heavy atom. The topological polar surface area (TPSA) is 0 Å². The van der Waals surface area contributed by atoms with Crippen LogP contribution < -0.4 is 0 Å². The highest BCUT2D eigenvalue weighted by Crippen LogP contribution is 2.38. The van der Waals surface area contributed by atoms with Crippen molar-refractivity contribution in [2.45, 2.75) is 5.38 Å². The maximum atomic E-state index is 13.1. The fourth-order valence-corrected chi connectivity index (χ4v) is 4.03. The van der Waals surface area contributed by atoms with E-state index in [1.807, 2.05) is 23.6 Å². The molecule has 1 unspecified atom stereocenters. The smallest absolute Gasteiger partial charge is 0.124 e. The highest BCUT2D eigenvalue weighted by atomic mass is 35.5. The largest absolute Gasteiger partial charge is 0.207 e. The highest BCUT2D eigenvalue weighted by molar-refractivity contribution is 7.19. The number of hydrogen-bond donors (Lipinski definition) is 0. The van der Waals surface area contributed by atoms with E-state index in [4.69, 9.17) is 11.6 Å². The van der Waals surface area contributed by atoms with Crippen LogP contribution >= 0.6 is 34.3 Å². The Hall–Kier alpha value is -0.900. The molecule has 0 N–H and O–H groups in total. The minimum Gasteiger partial charge on any atom is -0.207 e. The summed E-state index contributed by atoms with van der Waals surface area (Å²) in [7, 11) is 0. The lowest BCUT2D eigenvalue weighted by atomic mass is 10.2. The van der Waals surface area contributed by atoms with Gasteiger partial charge in [-0.05, 0) is 35.0 Å². The lowest BCUT2D eigenvalue weighted by molar-refractivity contribution is 0.630. The summed E-state index contributed by atoms with van der Waals surface area (Å²) in [6.45, 7) is 0. The number of hydrogen-bond acceptors (Lipinski definition) is 2. The van der Waals surface area contributed by atoms with Crippen molar-refractivity contribution < 1.29 is 4.39 Å². The van der Waals surface area contributed by atoms with E-state index in [9.17, 15) is 4.39 Å². The van der Waals surface area contributed by atoms with Gasteiger partial charge in [-0.3, -0.25) is 0 Å². The minimum atomic E-state index is -0.201. The van der Waals surface area contributed by atoms with Crippen molar-refractivity contribution in [3.63, 3.8) is 0 Å². The molecular formula is C13H8ClFS2. The first-order valence-corrected chi connectivity index (χ1v) is 7.24. The summed E-state index contributed by atoms with van der Waals surface area (Å²) in [6, 6.07) is 10.9. The van der Waals surface area contributed by atoms with E-state index in [1.54, 1.807) is 34.8 Å². The molecule has 0 fully saturated rings. The summed E-state index contributed by atoms with van der Waals surface area (Å²) in [5, 5.41) is 2.93. The number of alkyl halides is 1. The molecular weight excluding hydrogens is 275 g/mol. The van der Waals surface area contributed by atoms with Gasteiger partial charge in [-0.2, -0.15) is 0 Å². The SMILES string of the molecule is Fc1ccc2cc(C(Cl)c3cccs3)sc2c1. The third-order valence-corrected chi connectivity index (χ3v) is 5.37. The van der Waals surface area contributed by atoms with Gasteiger partial charge in [0.05, 0.1) is 0 Å². The summed E-state index contributed by atoms with van der Waals surface area (Å²) in [5.74, 6) is -0.201. The van der Waals surface area contributed by atoms with Gasteiger partial charge >= 0.3 is 0 Å². The summed E-state index contributed by atoms with van der Waals surface area (Å²) in [6.07, 6.45) is 0. The van der Waals surface area contributed by atoms with Crippen LogP contribution in [0.1, 0.15) is 15.1 Å². The molecule has 2 aromatic heterocycles. The van der Waals surface area contributed by atoms with Gasteiger partial charge in [-0.1, -0.05) is 12.1 Å². The number of rotatable bonds is 2. The Balaban J connectivity index is 2.06. The Morgan fingerprint density at radius 3 is 2.76 bits per heavy atom. The van der Waals surface area contributed by atoms with Gasteiger partial charge in [-0.25, -0.2) is 4.39 Å². The van der Waals surface area contributed by atoms with Crippen LogP contribution in [0.15, 0.2) is 41.8 Å². The van der Waals surface area contributed by atoms with Gasteiger partial charge in [0.25, 0.3) is 0 Å². The molecule has 1 aromatic carbocycles. The fourth-order valence-electron chi connectivity index (χ4n) is 1.73. The maximum absolute atomic E-state index is 13.1. The number of halogens is 2. The average molecular weight is 283 g/mol. The van der Waals surface area contributed by atoms with Gasteiger partial charge in [0.1, 0.15) is 11.2 Å². The second-order valence-corrected chi connectivity index (χ2v) is 6.24. The van der Waals surface area contributed by atoms with Crippen molar-refractivity contribution in [2.75, 3.05) is 0 Å². The van der Waals surface area contributed by atoms with Crippen LogP contribution in [0.2, 0.25) is 0 Å². The van der Waals surface area contributed by atoms with Gasteiger partial charge < -0.3 is 0 Å². The van der Waals surface area contributed by atoms with E-state index in [0.29, 0.717) is 0 Å². The predicted molar refractivity (Wildman–Crippen MR) is 73.8 cm³/mol. The van der Waals surface area contributed by atoms with E-state index >= 15 is 0 Å². The van der Waals surface area contributed by atoms with Gasteiger partial charge in [0.15, 0.2) is 0 Å². The van der Waals surface area contributed by atoms with Crippen LogP contribution in [0, 0.1) is 5.82 Å². The van der Waals surface area contributed by atoms with E-state index in [-0.39, 0.29) is 11.2 Å². The molecule has 2 heterocycles. The molecule has 0 saturated carbocycles. The monoisotopic (exact) mass is 282 g/mol. The van der Waals surface area contributed by atoms with Crippen LogP contribution in [-0.4, -0.2) is 0 Å². The van der Waals surface area contributed by atoms with E-state index in [1.165, 1.54) is 6.07 Å². The van der Waals surface area contributed by atoms with E-state index < -0.39 is 0 Å². The minimum absolute atomic E-state index is 0.129. The zero-order valence-electron chi connectivity index (χ0n) is 8.69. The average Bonchev–Trinajstić information content (AvgIpc) is 2.96. The molecule has 86 valence electrons. The summed E-state index contributed by atoms with van der Waals surface area (Å²) < 4.78 is 14.0. The molecule has 1 atom stereocenters. The molecule has 3 rings (SSSR count). The summed E-state index contributed by atoms with van der Waals surface area (Å²) >= 11 is 9.60. The third kappa shape index (κ3) is 2.10. The Morgan fingerprint density at radius 2 is 2.00 bits per heavy atom. The molecule has 0 saturated heterocycles. The highest BCUT2D eigenvalue weighted by Gasteiger charge is 2.15. The lowest BCUT2D eigenvalue weighted by Crippen LogP contribution is -1.83. The number of fused-ring (bicyclic) bond motifs is 1. The second kappa shape index (κ2) is 4.41. The van der Waals surface area contributed by atoms with Crippen LogP contribution in [0.5, 0.6) is 0 Å². The number of thiophene rings is 2. The molecule has 0 aliphatic rings. The normalized spacial score (nSPS) is 13.1. The van der Waals surface area contributed by atoms with Crippen molar-refractivity contribution in [1.29, 1.82) is 0 Å². The molecule has 0 amide bonds. The van der Waals surface area contributed by atoms with Crippen LogP contribution in [-0.2, 0) is 0 Å². The zero-order chi connectivity index (χ0) is 11.8. The molecule has 4 heteroatoms. The Kier molecular flexibility index (Phi) is 2.90. The van der Waals surface area contributed by atoms with Crippen molar-refractivity contribution >= 4 is 44.4 Å². The van der Waals surface area contributed by atoms with Crippen LogP contribution in [0.25, 0.3) is 10.1 Å². The summed E-state index contributed by atoms with van der Waals surface area (Å²) in [5.41, 5.74) is 0. The van der Waals surface area contributed by atoms with Gasteiger partial charge in [0.2, 0.25) is 0 Å². The molecule has 0 aliphatic heterocycles. The van der Waals surface area contributed by atoms with E-state index in [2.05, 4.69) is 0 Å². The van der Waals surface area contributed by atoms with Crippen molar-refractivity contribution in [2.24, 2.45) is 0 Å². The fraction of sp³-hybridized carbons (Fsp3) is 0.0769.